The first-order chi connectivity index (χ1) is 9.97. The van der Waals surface area contributed by atoms with E-state index in [0.29, 0.717) is 13.0 Å². The highest BCUT2D eigenvalue weighted by atomic mass is 16.5. The minimum atomic E-state index is -1.08. The van der Waals surface area contributed by atoms with Crippen molar-refractivity contribution in [2.24, 2.45) is 0 Å². The lowest BCUT2D eigenvalue weighted by Crippen LogP contribution is -2.57. The van der Waals surface area contributed by atoms with Crippen LogP contribution >= 0.6 is 0 Å². The maximum atomic E-state index is 12.5. The van der Waals surface area contributed by atoms with Crippen LogP contribution in [0.2, 0.25) is 0 Å². The zero-order chi connectivity index (χ0) is 15.5. The molecule has 0 saturated carbocycles. The number of carbonyl (C=O) groups is 2. The van der Waals surface area contributed by atoms with Gasteiger partial charge < -0.3 is 14.7 Å². The summed E-state index contributed by atoms with van der Waals surface area (Å²) < 4.78 is 5.08. The Morgan fingerprint density at radius 3 is 2.52 bits per heavy atom. The van der Waals surface area contributed by atoms with E-state index in [0.717, 1.165) is 24.2 Å². The van der Waals surface area contributed by atoms with Crippen molar-refractivity contribution in [1.29, 1.82) is 0 Å². The predicted molar refractivity (Wildman–Crippen MR) is 78.3 cm³/mol. The predicted octanol–water partition coefficient (Wildman–Crippen LogP) is 2.09. The summed E-state index contributed by atoms with van der Waals surface area (Å²) in [4.78, 5) is 25.5. The number of likely N-dealkylation sites (tertiary alicyclic amines) is 1. The van der Waals surface area contributed by atoms with Gasteiger partial charge >= 0.3 is 5.97 Å². The number of hydrogen-bond acceptors (Lipinski definition) is 3. The van der Waals surface area contributed by atoms with Gasteiger partial charge in [-0.25, -0.2) is 4.79 Å². The number of rotatable bonds is 4. The van der Waals surface area contributed by atoms with E-state index < -0.39 is 11.5 Å². The van der Waals surface area contributed by atoms with Crippen molar-refractivity contribution in [2.75, 3.05) is 13.7 Å². The molecule has 1 unspecified atom stereocenters. The van der Waals surface area contributed by atoms with Crippen molar-refractivity contribution >= 4 is 11.9 Å². The first kappa shape index (κ1) is 15.4. The lowest BCUT2D eigenvalue weighted by molar-refractivity contribution is -0.160. The molecular formula is C16H21NO4. The van der Waals surface area contributed by atoms with E-state index in [2.05, 4.69) is 0 Å². The molecule has 1 saturated heterocycles. The van der Waals surface area contributed by atoms with Crippen LogP contribution in [0.25, 0.3) is 0 Å². The van der Waals surface area contributed by atoms with Crippen LogP contribution in [-0.4, -0.2) is 41.1 Å². The second-order valence-corrected chi connectivity index (χ2v) is 5.61. The fourth-order valence-corrected chi connectivity index (χ4v) is 2.76. The minimum absolute atomic E-state index is 0.134. The first-order valence-corrected chi connectivity index (χ1v) is 7.14. The molecule has 0 aromatic heterocycles. The summed E-state index contributed by atoms with van der Waals surface area (Å²) in [5.74, 6) is -0.324. The van der Waals surface area contributed by atoms with Gasteiger partial charge in [0.1, 0.15) is 11.3 Å². The van der Waals surface area contributed by atoms with E-state index in [1.165, 1.54) is 4.90 Å². The summed E-state index contributed by atoms with van der Waals surface area (Å²) in [6.45, 7) is 2.15. The molecular weight excluding hydrogens is 270 g/mol. The third-order valence-corrected chi connectivity index (χ3v) is 4.17. The maximum Gasteiger partial charge on any atom is 0.329 e. The van der Waals surface area contributed by atoms with E-state index in [1.54, 1.807) is 26.2 Å². The Balaban J connectivity index is 2.12. The average molecular weight is 291 g/mol. The molecule has 0 spiro atoms. The highest BCUT2D eigenvalue weighted by Gasteiger charge is 2.43. The molecule has 0 radical (unpaired) electrons. The van der Waals surface area contributed by atoms with Crippen molar-refractivity contribution in [3.05, 3.63) is 29.8 Å². The van der Waals surface area contributed by atoms with E-state index in [-0.39, 0.29) is 12.3 Å². The van der Waals surface area contributed by atoms with Crippen molar-refractivity contribution in [2.45, 2.75) is 38.1 Å². The van der Waals surface area contributed by atoms with Gasteiger partial charge in [0, 0.05) is 6.54 Å². The van der Waals surface area contributed by atoms with Crippen molar-refractivity contribution in [3.63, 3.8) is 0 Å². The molecule has 1 heterocycles. The molecule has 21 heavy (non-hydrogen) atoms. The third-order valence-electron chi connectivity index (χ3n) is 4.17. The second kappa shape index (κ2) is 6.16. The first-order valence-electron chi connectivity index (χ1n) is 7.14. The van der Waals surface area contributed by atoms with Crippen LogP contribution in [0.5, 0.6) is 5.75 Å². The highest BCUT2D eigenvalue weighted by molar-refractivity contribution is 5.88. The smallest absolute Gasteiger partial charge is 0.329 e. The number of carboxylic acid groups (broad SMARTS) is 1. The maximum absolute atomic E-state index is 12.5. The van der Waals surface area contributed by atoms with Gasteiger partial charge in [0.25, 0.3) is 0 Å². The topological polar surface area (TPSA) is 66.8 Å². The van der Waals surface area contributed by atoms with Crippen LogP contribution in [0.4, 0.5) is 0 Å². The fraction of sp³-hybridized carbons (Fsp3) is 0.500. The molecule has 1 aromatic rings. The molecule has 0 bridgehead atoms. The molecule has 1 fully saturated rings. The number of benzene rings is 1. The molecule has 1 N–H and O–H groups in total. The Hall–Kier alpha value is -2.04. The molecule has 1 amide bonds. The van der Waals surface area contributed by atoms with Gasteiger partial charge in [-0.3, -0.25) is 4.79 Å². The number of amides is 1. The van der Waals surface area contributed by atoms with Gasteiger partial charge in [0.2, 0.25) is 5.91 Å². The summed E-state index contributed by atoms with van der Waals surface area (Å²) in [5, 5.41) is 9.44. The van der Waals surface area contributed by atoms with Gasteiger partial charge in [-0.1, -0.05) is 12.1 Å². The number of ether oxygens (including phenoxy) is 1. The molecule has 0 aliphatic carbocycles. The second-order valence-electron chi connectivity index (χ2n) is 5.61. The molecule has 1 aliphatic rings. The quantitative estimate of drug-likeness (QED) is 0.922. The van der Waals surface area contributed by atoms with Gasteiger partial charge in [-0.05, 0) is 43.9 Å². The Bertz CT molecular complexity index is 526. The standard InChI is InChI=1S/C16H21NO4/c1-16(15(19)20)9-3-4-10-17(16)14(18)11-12-5-7-13(21-2)8-6-12/h5-8H,3-4,9-11H2,1-2H3,(H,19,20). The normalized spacial score (nSPS) is 21.9. The van der Waals surface area contributed by atoms with Gasteiger partial charge in [-0.2, -0.15) is 0 Å². The summed E-state index contributed by atoms with van der Waals surface area (Å²) in [5.41, 5.74) is -0.221. The number of aliphatic carboxylic acids is 1. The summed E-state index contributed by atoms with van der Waals surface area (Å²) in [7, 11) is 1.59. The molecule has 5 nitrogen and oxygen atoms in total. The van der Waals surface area contributed by atoms with Crippen LogP contribution in [0, 0.1) is 0 Å². The molecule has 114 valence electrons. The van der Waals surface area contributed by atoms with E-state index in [1.807, 2.05) is 12.1 Å². The Kier molecular flexibility index (Phi) is 4.50. The molecule has 1 atom stereocenters. The third kappa shape index (κ3) is 3.17. The van der Waals surface area contributed by atoms with Crippen LogP contribution in [0.15, 0.2) is 24.3 Å². The Morgan fingerprint density at radius 2 is 1.95 bits per heavy atom. The number of nitrogens with zero attached hydrogens (tertiary/aromatic N) is 1. The summed E-state index contributed by atoms with van der Waals surface area (Å²) in [6.07, 6.45) is 2.43. The van der Waals surface area contributed by atoms with Crippen LogP contribution in [0.3, 0.4) is 0 Å². The van der Waals surface area contributed by atoms with Crippen molar-refractivity contribution < 1.29 is 19.4 Å². The number of methoxy groups -OCH3 is 1. The molecule has 1 aromatic carbocycles. The van der Waals surface area contributed by atoms with E-state index >= 15 is 0 Å². The monoisotopic (exact) mass is 291 g/mol. The lowest BCUT2D eigenvalue weighted by atomic mass is 9.88. The summed E-state index contributed by atoms with van der Waals surface area (Å²) >= 11 is 0. The molecule has 5 heteroatoms. The van der Waals surface area contributed by atoms with Crippen LogP contribution in [-0.2, 0) is 16.0 Å². The van der Waals surface area contributed by atoms with Crippen molar-refractivity contribution in [1.82, 2.24) is 4.90 Å². The lowest BCUT2D eigenvalue weighted by Gasteiger charge is -2.41. The number of carboxylic acids is 1. The van der Waals surface area contributed by atoms with E-state index in [9.17, 15) is 14.7 Å². The minimum Gasteiger partial charge on any atom is -0.497 e. The fourth-order valence-electron chi connectivity index (χ4n) is 2.76. The molecule has 1 aliphatic heterocycles. The zero-order valence-electron chi connectivity index (χ0n) is 12.5. The zero-order valence-corrected chi connectivity index (χ0v) is 12.5. The highest BCUT2D eigenvalue weighted by Crippen LogP contribution is 2.29. The Labute approximate surface area is 124 Å². The van der Waals surface area contributed by atoms with E-state index in [4.69, 9.17) is 4.74 Å². The van der Waals surface area contributed by atoms with Crippen LogP contribution in [0.1, 0.15) is 31.7 Å². The average Bonchev–Trinajstić information content (AvgIpc) is 2.48. The number of carbonyl (C=O) groups excluding carboxylic acids is 1. The molecule has 2 rings (SSSR count). The number of hydrogen-bond donors (Lipinski definition) is 1. The SMILES string of the molecule is COc1ccc(CC(=O)N2CCCCC2(C)C(=O)O)cc1. The Morgan fingerprint density at radius 1 is 1.29 bits per heavy atom. The van der Waals surface area contributed by atoms with Gasteiger partial charge in [-0.15, -0.1) is 0 Å². The van der Waals surface area contributed by atoms with Gasteiger partial charge in [0.15, 0.2) is 0 Å². The summed E-state index contributed by atoms with van der Waals surface area (Å²) in [6, 6.07) is 7.27. The largest absolute Gasteiger partial charge is 0.497 e. The van der Waals surface area contributed by atoms with Gasteiger partial charge in [0.05, 0.1) is 13.5 Å². The number of piperidine rings is 1. The van der Waals surface area contributed by atoms with Crippen LogP contribution < -0.4 is 4.74 Å². The van der Waals surface area contributed by atoms with Crippen molar-refractivity contribution in [3.8, 4) is 5.75 Å².